The first-order valence-electron chi connectivity index (χ1n) is 14.5. The van der Waals surface area contributed by atoms with Crippen LogP contribution in [-0.2, 0) is 17.3 Å². The van der Waals surface area contributed by atoms with Crippen LogP contribution in [-0.4, -0.2) is 71.1 Å². The highest BCUT2D eigenvalue weighted by molar-refractivity contribution is 8.13. The third-order valence-corrected chi connectivity index (χ3v) is 15.2. The number of hydrogen-bond donors (Lipinski definition) is 1. The molecule has 3 aromatic rings. The zero-order chi connectivity index (χ0) is 31.2. The summed E-state index contributed by atoms with van der Waals surface area (Å²) in [6, 6.07) is 10.3. The van der Waals surface area contributed by atoms with Crippen molar-refractivity contribution in [2.75, 3.05) is 25.4 Å². The molecule has 0 aliphatic carbocycles. The number of carboxylic acid groups (broad SMARTS) is 1. The van der Waals surface area contributed by atoms with Gasteiger partial charge in [0.1, 0.15) is 10.6 Å². The Morgan fingerprint density at radius 2 is 2.00 bits per heavy atom. The van der Waals surface area contributed by atoms with E-state index >= 15 is 0 Å². The second-order valence-electron chi connectivity index (χ2n) is 12.3. The largest absolute Gasteiger partial charge is 0.477 e. The van der Waals surface area contributed by atoms with Crippen LogP contribution in [0, 0.1) is 18.8 Å². The minimum Gasteiger partial charge on any atom is -0.477 e. The summed E-state index contributed by atoms with van der Waals surface area (Å²) in [6.45, 7) is 15.2. The molecule has 1 N–H and O–H groups in total. The van der Waals surface area contributed by atoms with Gasteiger partial charge in [0.2, 0.25) is 0 Å². The van der Waals surface area contributed by atoms with Gasteiger partial charge >= 0.3 is 5.97 Å². The molecule has 1 aliphatic heterocycles. The summed E-state index contributed by atoms with van der Waals surface area (Å²) in [5.41, 5.74) is 5.48. The summed E-state index contributed by atoms with van der Waals surface area (Å²) in [7, 11) is -2.06. The van der Waals surface area contributed by atoms with Gasteiger partial charge in [-0.15, -0.1) is 22.7 Å². The van der Waals surface area contributed by atoms with Crippen molar-refractivity contribution in [3.8, 4) is 11.8 Å². The number of carbonyl (C=O) groups is 2. The monoisotopic (exact) mass is 655 g/mol. The molecule has 230 valence electrons. The second kappa shape index (κ2) is 14.5. The SMILES string of the molecule is Cc1cc(CCN2C(=O)SCCN2CC[C@H](Cc2cccc(C#Cc3cscn3)c2)O[Si](C)(C)C(C)(C)C)sc1C(=O)O. The van der Waals surface area contributed by atoms with Crippen LogP contribution >= 0.6 is 34.4 Å². The molecular weight excluding hydrogens is 615 g/mol. The molecule has 1 saturated heterocycles. The maximum absolute atomic E-state index is 13.0. The van der Waals surface area contributed by atoms with Crippen molar-refractivity contribution in [2.45, 2.75) is 71.2 Å². The van der Waals surface area contributed by atoms with E-state index in [9.17, 15) is 14.7 Å². The first-order valence-corrected chi connectivity index (χ1v) is 20.2. The van der Waals surface area contributed by atoms with Crippen molar-refractivity contribution >= 4 is 54.0 Å². The first-order chi connectivity index (χ1) is 20.3. The van der Waals surface area contributed by atoms with Crippen LogP contribution in [0.2, 0.25) is 18.1 Å². The molecule has 1 atom stereocenters. The summed E-state index contributed by atoms with van der Waals surface area (Å²) < 4.78 is 6.99. The highest BCUT2D eigenvalue weighted by Gasteiger charge is 2.39. The van der Waals surface area contributed by atoms with Gasteiger partial charge in [-0.1, -0.05) is 50.6 Å². The average Bonchev–Trinajstić information content (AvgIpc) is 3.59. The highest BCUT2D eigenvalue weighted by atomic mass is 32.2. The number of carbonyl (C=O) groups excluding carboxylic acids is 1. The second-order valence-corrected chi connectivity index (χ2v) is 19.9. The van der Waals surface area contributed by atoms with Crippen LogP contribution in [0.3, 0.4) is 0 Å². The van der Waals surface area contributed by atoms with Crippen LogP contribution in [0.1, 0.15) is 64.1 Å². The number of rotatable bonds is 11. The van der Waals surface area contributed by atoms with Crippen molar-refractivity contribution in [2.24, 2.45) is 0 Å². The van der Waals surface area contributed by atoms with Gasteiger partial charge in [0.05, 0.1) is 11.6 Å². The molecule has 0 unspecified atom stereocenters. The molecule has 3 heterocycles. The molecule has 1 aliphatic rings. The quantitative estimate of drug-likeness (QED) is 0.169. The lowest BCUT2D eigenvalue weighted by Crippen LogP contribution is -2.51. The number of aryl methyl sites for hydroxylation is 1. The minimum absolute atomic E-state index is 0.00718. The molecule has 2 aromatic heterocycles. The van der Waals surface area contributed by atoms with Crippen LogP contribution in [0.4, 0.5) is 4.79 Å². The number of thiophene rings is 1. The molecular formula is C32H41N3O4S3Si. The number of hydrazine groups is 1. The fraction of sp³-hybridized carbons (Fsp3) is 0.469. The Bertz CT molecular complexity index is 1470. The van der Waals surface area contributed by atoms with E-state index in [-0.39, 0.29) is 16.4 Å². The van der Waals surface area contributed by atoms with E-state index in [1.165, 1.54) is 40.0 Å². The third kappa shape index (κ3) is 9.27. The van der Waals surface area contributed by atoms with Gasteiger partial charge in [-0.2, -0.15) is 0 Å². The Hall–Kier alpha value is -2.46. The van der Waals surface area contributed by atoms with E-state index in [0.717, 1.165) is 46.8 Å². The number of aromatic carboxylic acids is 1. The number of carboxylic acids is 1. The van der Waals surface area contributed by atoms with E-state index in [0.29, 0.717) is 24.4 Å². The van der Waals surface area contributed by atoms with Gasteiger partial charge in [0.15, 0.2) is 8.32 Å². The lowest BCUT2D eigenvalue weighted by Gasteiger charge is -2.41. The minimum atomic E-state index is -2.06. The Morgan fingerprint density at radius 1 is 1.21 bits per heavy atom. The van der Waals surface area contributed by atoms with Crippen molar-refractivity contribution in [1.82, 2.24) is 15.0 Å². The molecule has 0 radical (unpaired) electrons. The fourth-order valence-corrected chi connectivity index (χ4v) is 8.36. The van der Waals surface area contributed by atoms with Gasteiger partial charge in [-0.05, 0) is 73.1 Å². The molecule has 1 amide bonds. The predicted molar refractivity (Wildman–Crippen MR) is 181 cm³/mol. The van der Waals surface area contributed by atoms with E-state index < -0.39 is 14.3 Å². The lowest BCUT2D eigenvalue weighted by molar-refractivity contribution is 0.0161. The van der Waals surface area contributed by atoms with Gasteiger partial charge in [-0.3, -0.25) is 9.80 Å². The lowest BCUT2D eigenvalue weighted by atomic mass is 10.0. The zero-order valence-corrected chi connectivity index (χ0v) is 29.3. The van der Waals surface area contributed by atoms with E-state index in [2.05, 4.69) is 67.8 Å². The Kier molecular flexibility index (Phi) is 11.3. The number of nitrogens with zero attached hydrogens (tertiary/aromatic N) is 3. The van der Waals surface area contributed by atoms with Gasteiger partial charge in [0, 0.05) is 47.6 Å². The van der Waals surface area contributed by atoms with Crippen molar-refractivity contribution in [3.05, 3.63) is 73.4 Å². The van der Waals surface area contributed by atoms with Crippen LogP contribution < -0.4 is 0 Å². The molecule has 1 fully saturated rings. The maximum Gasteiger partial charge on any atom is 0.346 e. The standard InChI is InChI=1S/C32H41N3O4S3Si/c1-23-18-28(42-29(23)30(36)37)13-15-35-31(38)41-17-16-34(35)14-12-27(39-43(5,6)32(2,3)4)20-25-9-7-8-24(19-25)10-11-26-21-40-22-33-26/h7-9,18-19,21-22,27H,12-17,20H2,1-6H3,(H,36,37)/t27-/m1/s1. The fourth-order valence-electron chi connectivity index (χ4n) is 4.65. The Labute approximate surface area is 268 Å². The molecule has 43 heavy (non-hydrogen) atoms. The molecule has 0 spiro atoms. The molecule has 7 nitrogen and oxygen atoms in total. The predicted octanol–water partition coefficient (Wildman–Crippen LogP) is 7.56. The van der Waals surface area contributed by atoms with E-state index in [1.807, 2.05) is 35.5 Å². The maximum atomic E-state index is 13.0. The van der Waals surface area contributed by atoms with Crippen molar-refractivity contribution < 1.29 is 19.1 Å². The summed E-state index contributed by atoms with van der Waals surface area (Å²) >= 11 is 4.18. The average molecular weight is 656 g/mol. The van der Waals surface area contributed by atoms with E-state index in [4.69, 9.17) is 4.43 Å². The van der Waals surface area contributed by atoms with Crippen molar-refractivity contribution in [3.63, 3.8) is 0 Å². The number of hydrogen-bond acceptors (Lipinski definition) is 8. The molecule has 0 saturated carbocycles. The topological polar surface area (TPSA) is 83.0 Å². The molecule has 1 aromatic carbocycles. The summed E-state index contributed by atoms with van der Waals surface area (Å²) in [6.07, 6.45) is 2.17. The third-order valence-electron chi connectivity index (χ3n) is 7.99. The molecule has 0 bridgehead atoms. The Morgan fingerprint density at radius 3 is 2.67 bits per heavy atom. The molecule has 11 heteroatoms. The number of aromatic nitrogens is 1. The number of thioether (sulfide) groups is 1. The zero-order valence-electron chi connectivity index (χ0n) is 25.8. The highest BCUT2D eigenvalue weighted by Crippen LogP contribution is 2.38. The Balaban J connectivity index is 1.47. The first kappa shape index (κ1) is 33.4. The number of amides is 1. The number of benzene rings is 1. The summed E-state index contributed by atoms with van der Waals surface area (Å²) in [5.74, 6) is 6.24. The number of thiazole rings is 1. The van der Waals surface area contributed by atoms with E-state index in [1.54, 1.807) is 5.51 Å². The van der Waals surface area contributed by atoms with Gasteiger partial charge < -0.3 is 9.53 Å². The normalized spacial score (nSPS) is 15.3. The van der Waals surface area contributed by atoms with Gasteiger partial charge in [0.25, 0.3) is 5.24 Å². The van der Waals surface area contributed by atoms with Crippen molar-refractivity contribution in [1.29, 1.82) is 0 Å². The summed E-state index contributed by atoms with van der Waals surface area (Å²) in [5, 5.41) is 15.5. The van der Waals surface area contributed by atoms with Crippen LogP contribution in [0.15, 0.2) is 41.2 Å². The summed E-state index contributed by atoms with van der Waals surface area (Å²) in [4.78, 5) is 30.1. The molecule has 4 rings (SSSR count). The van der Waals surface area contributed by atoms with Gasteiger partial charge in [-0.25, -0.2) is 14.8 Å². The van der Waals surface area contributed by atoms with Crippen LogP contribution in [0.25, 0.3) is 0 Å². The smallest absolute Gasteiger partial charge is 0.346 e. The van der Waals surface area contributed by atoms with Crippen LogP contribution in [0.5, 0.6) is 0 Å².